The summed E-state index contributed by atoms with van der Waals surface area (Å²) in [5.74, 6) is 0. The van der Waals surface area contributed by atoms with Gasteiger partial charge in [0.15, 0.2) is 0 Å². The Kier molecular flexibility index (Phi) is 9.26. The fourth-order valence-electron chi connectivity index (χ4n) is 10.7. The third kappa shape index (κ3) is 6.54. The van der Waals surface area contributed by atoms with Gasteiger partial charge in [-0.05, 0) is 131 Å². The largest absolute Gasteiger partial charge is 0.310 e. The van der Waals surface area contributed by atoms with Crippen molar-refractivity contribution in [1.82, 2.24) is 0 Å². The lowest BCUT2D eigenvalue weighted by Crippen LogP contribution is -2.13. The summed E-state index contributed by atoms with van der Waals surface area (Å²) in [5.41, 5.74) is 15.3. The van der Waals surface area contributed by atoms with Crippen molar-refractivity contribution >= 4 is 125 Å². The Morgan fingerprint density at radius 3 is 1.16 bits per heavy atom. The molecule has 3 nitrogen and oxygen atoms in total. The second-order valence-corrected chi connectivity index (χ2v) is 19.8. The topological polar surface area (TPSA) is 9.72 Å². The van der Waals surface area contributed by atoms with E-state index in [0.29, 0.717) is 0 Å². The van der Waals surface area contributed by atoms with Crippen molar-refractivity contribution in [3.63, 3.8) is 0 Å². The van der Waals surface area contributed by atoms with Crippen molar-refractivity contribution in [2.24, 2.45) is 0 Å². The van der Waals surface area contributed by atoms with Crippen molar-refractivity contribution < 1.29 is 0 Å². The first-order chi connectivity index (χ1) is 34.2. The van der Waals surface area contributed by atoms with E-state index in [2.05, 4.69) is 263 Å². The fourth-order valence-corrected chi connectivity index (χ4v) is 13.0. The van der Waals surface area contributed by atoms with Crippen LogP contribution in [0.25, 0.3) is 73.4 Å². The number of hydrogen-bond donors (Lipinski definition) is 0. The zero-order valence-corrected chi connectivity index (χ0v) is 39.0. The van der Waals surface area contributed by atoms with Crippen LogP contribution in [-0.4, -0.2) is 0 Å². The summed E-state index contributed by atoms with van der Waals surface area (Å²) >= 11 is 3.71. The smallest absolute Gasteiger partial charge is 0.0540 e. The first-order valence-electron chi connectivity index (χ1n) is 23.4. The minimum atomic E-state index is 1.08. The molecule has 0 aliphatic heterocycles. The molecule has 0 saturated carbocycles. The van der Waals surface area contributed by atoms with Gasteiger partial charge in [0, 0.05) is 91.2 Å². The highest BCUT2D eigenvalue weighted by Gasteiger charge is 2.25. The normalized spacial score (nSPS) is 11.8. The van der Waals surface area contributed by atoms with E-state index in [4.69, 9.17) is 0 Å². The van der Waals surface area contributed by atoms with Gasteiger partial charge in [-0.2, -0.15) is 0 Å². The zero-order chi connectivity index (χ0) is 45.4. The van der Waals surface area contributed by atoms with Gasteiger partial charge in [0.1, 0.15) is 0 Å². The Morgan fingerprint density at radius 1 is 0.217 bits per heavy atom. The molecule has 0 fully saturated rings. The van der Waals surface area contributed by atoms with E-state index < -0.39 is 0 Å². The van der Waals surface area contributed by atoms with Gasteiger partial charge in [-0.15, -0.1) is 22.7 Å². The molecule has 1 aliphatic carbocycles. The van der Waals surface area contributed by atoms with Gasteiger partial charge in [-0.3, -0.25) is 0 Å². The summed E-state index contributed by atoms with van der Waals surface area (Å²) in [5, 5.41) is 7.69. The number of anilines is 9. The van der Waals surface area contributed by atoms with Crippen LogP contribution in [-0.2, 0) is 0 Å². The van der Waals surface area contributed by atoms with Crippen LogP contribution in [0.15, 0.2) is 249 Å². The lowest BCUT2D eigenvalue weighted by atomic mass is 10.00. The molecule has 2 aromatic heterocycles. The Morgan fingerprint density at radius 2 is 0.594 bits per heavy atom. The molecule has 0 N–H and O–H groups in total. The number of nitrogens with zero attached hydrogens (tertiary/aromatic N) is 3. The molecule has 14 rings (SSSR count). The number of rotatable bonds is 9. The molecule has 0 unspecified atom stereocenters. The number of hydrogen-bond acceptors (Lipinski definition) is 5. The van der Waals surface area contributed by atoms with Crippen molar-refractivity contribution in [3.05, 3.63) is 249 Å². The molecule has 0 bridgehead atoms. The van der Waals surface area contributed by atoms with Gasteiger partial charge >= 0.3 is 0 Å². The number of benzene rings is 11. The first-order valence-corrected chi connectivity index (χ1v) is 25.0. The highest BCUT2D eigenvalue weighted by Crippen LogP contribution is 2.52. The maximum Gasteiger partial charge on any atom is 0.0540 e. The van der Waals surface area contributed by atoms with Crippen LogP contribution in [0.1, 0.15) is 0 Å². The Labute approximate surface area is 408 Å². The van der Waals surface area contributed by atoms with E-state index in [1.165, 1.54) is 79.1 Å². The molecule has 0 atom stereocenters. The molecule has 5 heteroatoms. The molecular formula is C64H41N3S2. The van der Waals surface area contributed by atoms with E-state index in [9.17, 15) is 0 Å². The monoisotopic (exact) mass is 915 g/mol. The summed E-state index contributed by atoms with van der Waals surface area (Å²) in [7, 11) is 0. The Balaban J connectivity index is 0.878. The summed E-state index contributed by atoms with van der Waals surface area (Å²) in [6, 6.07) is 91.0. The van der Waals surface area contributed by atoms with Crippen molar-refractivity contribution in [1.29, 1.82) is 0 Å². The average molecular weight is 916 g/mol. The minimum Gasteiger partial charge on any atom is -0.310 e. The quantitative estimate of drug-likeness (QED) is 0.143. The lowest BCUT2D eigenvalue weighted by molar-refractivity contribution is 1.25. The van der Waals surface area contributed by atoms with Crippen LogP contribution in [0, 0.1) is 0 Å². The summed E-state index contributed by atoms with van der Waals surface area (Å²) in [6.07, 6.45) is 0. The molecule has 13 aromatic rings. The molecule has 0 radical (unpaired) electrons. The average Bonchev–Trinajstić information content (AvgIpc) is 4.08. The molecule has 0 spiro atoms. The predicted octanol–water partition coefficient (Wildman–Crippen LogP) is 19.6. The predicted molar refractivity (Wildman–Crippen MR) is 298 cm³/mol. The highest BCUT2D eigenvalue weighted by molar-refractivity contribution is 7.26. The third-order valence-corrected chi connectivity index (χ3v) is 16.0. The molecule has 1 aliphatic rings. The van der Waals surface area contributed by atoms with Crippen LogP contribution >= 0.6 is 22.7 Å². The van der Waals surface area contributed by atoms with E-state index in [1.807, 2.05) is 22.7 Å². The van der Waals surface area contributed by atoms with Gasteiger partial charge in [-0.1, -0.05) is 146 Å². The Bertz CT molecular complexity index is 4070. The van der Waals surface area contributed by atoms with Crippen LogP contribution in [0.2, 0.25) is 0 Å². The number of fused-ring (bicyclic) bond motifs is 9. The summed E-state index contributed by atoms with van der Waals surface area (Å²) in [6.45, 7) is 0. The van der Waals surface area contributed by atoms with Crippen molar-refractivity contribution in [2.45, 2.75) is 0 Å². The highest BCUT2D eigenvalue weighted by atomic mass is 32.1. The molecule has 2 heterocycles. The van der Waals surface area contributed by atoms with E-state index in [1.54, 1.807) is 0 Å². The van der Waals surface area contributed by atoms with E-state index >= 15 is 0 Å². The van der Waals surface area contributed by atoms with Gasteiger partial charge in [0.05, 0.1) is 5.69 Å². The second kappa shape index (κ2) is 16.1. The van der Waals surface area contributed by atoms with Crippen LogP contribution in [0.3, 0.4) is 0 Å². The van der Waals surface area contributed by atoms with Gasteiger partial charge < -0.3 is 14.7 Å². The number of thiophene rings is 2. The molecule has 0 amide bonds. The SMILES string of the molecule is c1ccc(N(c2cccc(N(c3ccccc3)c3ccc4c(c3)sc3cc(N(c5ccccc5)c5ccc6c7c(cccc57)-c5ccccc5-6)ccc34)c2)c2ccc3c(c2)sc2ccccc23)cc1. The minimum absolute atomic E-state index is 1.08. The zero-order valence-electron chi connectivity index (χ0n) is 37.3. The third-order valence-electron chi connectivity index (χ3n) is 13.7. The molecule has 69 heavy (non-hydrogen) atoms. The maximum absolute atomic E-state index is 2.44. The van der Waals surface area contributed by atoms with Gasteiger partial charge in [0.2, 0.25) is 0 Å². The standard InChI is InChI=1S/C64H41N3S2/c1-4-16-42(17-5-1)65(47-30-33-53-52-26-12-13-29-60(52)68-61(53)39-47)45-22-14-23-46(38-45)66(43-18-6-2-7-19-43)48-31-34-54-55-35-32-49(41-63(55)69-62(54)40-48)67(44-20-8-3-9-21-44)59-37-36-57-51-25-11-10-24-50(51)56-27-15-28-58(59)64(56)57/h1-41H. The van der Waals surface area contributed by atoms with Gasteiger partial charge in [0.25, 0.3) is 0 Å². The van der Waals surface area contributed by atoms with Crippen molar-refractivity contribution in [3.8, 4) is 22.3 Å². The fraction of sp³-hybridized carbons (Fsp3) is 0. The molecular weight excluding hydrogens is 875 g/mol. The molecule has 11 aromatic carbocycles. The molecule has 324 valence electrons. The summed E-state index contributed by atoms with van der Waals surface area (Å²) < 4.78 is 5.08. The molecule has 0 saturated heterocycles. The van der Waals surface area contributed by atoms with Crippen LogP contribution in [0.5, 0.6) is 0 Å². The van der Waals surface area contributed by atoms with Crippen LogP contribution in [0.4, 0.5) is 51.2 Å². The number of para-hydroxylation sites is 3. The first kappa shape index (κ1) is 39.7. The second-order valence-electron chi connectivity index (χ2n) is 17.7. The van der Waals surface area contributed by atoms with Crippen molar-refractivity contribution in [2.75, 3.05) is 14.7 Å². The van der Waals surface area contributed by atoms with Gasteiger partial charge in [-0.25, -0.2) is 0 Å². The van der Waals surface area contributed by atoms with Crippen LogP contribution < -0.4 is 14.7 Å². The Hall–Kier alpha value is -8.48. The van der Waals surface area contributed by atoms with E-state index in [0.717, 1.165) is 45.5 Å². The summed E-state index contributed by atoms with van der Waals surface area (Å²) in [4.78, 5) is 7.21. The van der Waals surface area contributed by atoms with E-state index in [-0.39, 0.29) is 0 Å². The lowest BCUT2D eigenvalue weighted by Gasteiger charge is -2.29. The maximum atomic E-state index is 2.44.